The summed E-state index contributed by atoms with van der Waals surface area (Å²) < 4.78 is 0. The molecule has 100 valence electrons. The van der Waals surface area contributed by atoms with Crippen LogP contribution < -0.4 is 0 Å². The van der Waals surface area contributed by atoms with Crippen LogP contribution in [-0.4, -0.2) is 0 Å². The van der Waals surface area contributed by atoms with Crippen LogP contribution in [0.3, 0.4) is 0 Å². The summed E-state index contributed by atoms with van der Waals surface area (Å²) in [5.41, 5.74) is 0. The molecule has 0 heterocycles. The van der Waals surface area contributed by atoms with E-state index in [0.717, 1.165) is 12.8 Å². The lowest BCUT2D eigenvalue weighted by Crippen LogP contribution is -1.41. The Kier molecular flexibility index (Phi) is 64.1. The Bertz CT molecular complexity index is 282. The molecule has 0 aromatic heterocycles. The van der Waals surface area contributed by atoms with Crippen molar-refractivity contribution in [2.75, 3.05) is 0 Å². The van der Waals surface area contributed by atoms with Crippen molar-refractivity contribution in [1.82, 2.24) is 0 Å². The fourth-order valence-corrected chi connectivity index (χ4v) is 0.129. The minimum atomic E-state index is 0.615. The molecule has 0 aliphatic heterocycles. The molecule has 0 unspecified atom stereocenters. The highest BCUT2D eigenvalue weighted by atomic mass is 16.4. The van der Waals surface area contributed by atoms with Crippen LogP contribution in [-0.2, 0) is 0 Å². The van der Waals surface area contributed by atoms with E-state index in [-0.39, 0.29) is 0 Å². The fraction of sp³-hybridized carbons (Fsp3) is 0.571. The molecule has 0 N–H and O–H groups in total. The third-order valence-electron chi connectivity index (χ3n) is 0.854. The highest BCUT2D eigenvalue weighted by molar-refractivity contribution is 4.84. The van der Waals surface area contributed by atoms with Crippen molar-refractivity contribution < 1.29 is 0 Å². The van der Waals surface area contributed by atoms with Gasteiger partial charge in [0.25, 0.3) is 12.1 Å². The lowest BCUT2D eigenvalue weighted by atomic mass is 10.5. The number of hydrogen-bond donors (Lipinski definition) is 0. The van der Waals surface area contributed by atoms with Crippen LogP contribution in [0.5, 0.6) is 0 Å². The molecule has 0 bridgehead atoms. The van der Waals surface area contributed by atoms with Gasteiger partial charge in [0.1, 0.15) is 0 Å². The van der Waals surface area contributed by atoms with Crippen molar-refractivity contribution in [3.8, 4) is 36.8 Å². The Labute approximate surface area is 111 Å². The Balaban J connectivity index is -0.0000000731. The van der Waals surface area contributed by atoms with Crippen LogP contribution in [0, 0.1) is 47.2 Å². The first-order valence-electron chi connectivity index (χ1n) is 5.63. The summed E-state index contributed by atoms with van der Waals surface area (Å²) in [4.78, 5) is 0. The smallest absolute Gasteiger partial charge is 0.298 e. The second kappa shape index (κ2) is 46.5. The molecule has 0 aromatic carbocycles. The van der Waals surface area contributed by atoms with Gasteiger partial charge in [-0.25, -0.2) is 0 Å². The van der Waals surface area contributed by atoms with E-state index in [1.807, 2.05) is 13.8 Å². The molecule has 0 atom stereocenters. The van der Waals surface area contributed by atoms with Crippen molar-refractivity contribution in [2.24, 2.45) is 0 Å². The maximum atomic E-state index is 9.04. The van der Waals surface area contributed by atoms with Crippen molar-refractivity contribution in [3.05, 3.63) is 20.4 Å². The fourth-order valence-electron chi connectivity index (χ4n) is 0.129. The largest absolute Gasteiger partial charge is 0.498 e. The van der Waals surface area contributed by atoms with Crippen molar-refractivity contribution >= 4 is 0 Å². The van der Waals surface area contributed by atoms with E-state index in [9.17, 15) is 0 Å². The second-order valence-electron chi connectivity index (χ2n) is 2.32. The highest BCUT2D eigenvalue weighted by Gasteiger charge is 1.64. The number of nitrogens with zero attached hydrogens (tertiary/aromatic N) is 2. The SMILES string of the molecule is C#CCC.C#CCC.CCC#[N+][O-].CCC#[N+][O-]. The van der Waals surface area contributed by atoms with E-state index in [0.29, 0.717) is 12.8 Å². The van der Waals surface area contributed by atoms with Crippen molar-refractivity contribution in [2.45, 2.75) is 53.4 Å². The maximum Gasteiger partial charge on any atom is 0.298 e. The van der Waals surface area contributed by atoms with E-state index in [2.05, 4.69) is 34.0 Å². The Morgan fingerprint density at radius 3 is 0.944 bits per heavy atom. The maximum absolute atomic E-state index is 9.04. The minimum Gasteiger partial charge on any atom is -0.498 e. The Morgan fingerprint density at radius 1 is 0.722 bits per heavy atom. The quantitative estimate of drug-likeness (QED) is 0.469. The summed E-state index contributed by atoms with van der Waals surface area (Å²) in [7, 11) is 0. The van der Waals surface area contributed by atoms with Crippen LogP contribution in [0.15, 0.2) is 0 Å². The summed E-state index contributed by atoms with van der Waals surface area (Å²) in [5.74, 6) is 4.86. The van der Waals surface area contributed by atoms with Gasteiger partial charge in [0.2, 0.25) is 0 Å². The molecule has 4 heteroatoms. The third-order valence-corrected chi connectivity index (χ3v) is 0.854. The van der Waals surface area contributed by atoms with Crippen LogP contribution in [0.25, 0.3) is 10.0 Å². The average Bonchev–Trinajstić information content (AvgIpc) is 2.42. The zero-order valence-corrected chi connectivity index (χ0v) is 11.7. The van der Waals surface area contributed by atoms with Gasteiger partial charge in [0.15, 0.2) is 0 Å². The summed E-state index contributed by atoms with van der Waals surface area (Å²) in [6.07, 6.45) is 12.5. The molecular weight excluding hydrogens is 228 g/mol. The van der Waals surface area contributed by atoms with Gasteiger partial charge >= 0.3 is 0 Å². The summed E-state index contributed by atoms with van der Waals surface area (Å²) in [5, 5.41) is 22.8. The second-order valence-corrected chi connectivity index (χ2v) is 2.32. The van der Waals surface area contributed by atoms with E-state index < -0.39 is 0 Å². The van der Waals surface area contributed by atoms with Gasteiger partial charge in [0.05, 0.1) is 12.8 Å². The van der Waals surface area contributed by atoms with Gasteiger partial charge in [-0.2, -0.15) is 0 Å². The van der Waals surface area contributed by atoms with Crippen molar-refractivity contribution in [1.29, 1.82) is 0 Å². The lowest BCUT2D eigenvalue weighted by molar-refractivity contribution is 1.27. The van der Waals surface area contributed by atoms with Gasteiger partial charge in [-0.05, 0) is 13.8 Å². The van der Waals surface area contributed by atoms with Crippen LogP contribution in [0.4, 0.5) is 0 Å². The molecule has 0 aliphatic rings. The molecule has 0 spiro atoms. The summed E-state index contributed by atoms with van der Waals surface area (Å²) in [6, 6.07) is 4.36. The Morgan fingerprint density at radius 2 is 0.944 bits per heavy atom. The van der Waals surface area contributed by atoms with Gasteiger partial charge in [-0.15, -0.1) is 24.7 Å². The molecule has 4 nitrogen and oxygen atoms in total. The van der Waals surface area contributed by atoms with E-state index in [1.54, 1.807) is 13.8 Å². The highest BCUT2D eigenvalue weighted by Crippen LogP contribution is 1.65. The van der Waals surface area contributed by atoms with Crippen LogP contribution in [0.2, 0.25) is 0 Å². The first-order chi connectivity index (χ1) is 8.66. The molecule has 0 saturated heterocycles. The summed E-state index contributed by atoms with van der Waals surface area (Å²) in [6.45, 7) is 7.50. The zero-order chi connectivity index (χ0) is 15.1. The van der Waals surface area contributed by atoms with Crippen LogP contribution >= 0.6 is 0 Å². The molecular formula is C14H22N2O2. The lowest BCUT2D eigenvalue weighted by Gasteiger charge is -1.52. The van der Waals surface area contributed by atoms with E-state index in [4.69, 9.17) is 23.3 Å². The van der Waals surface area contributed by atoms with Gasteiger partial charge in [-0.1, -0.05) is 13.8 Å². The first-order valence-corrected chi connectivity index (χ1v) is 5.63. The van der Waals surface area contributed by atoms with Crippen LogP contribution in [0.1, 0.15) is 53.4 Å². The predicted octanol–water partition coefficient (Wildman–Crippen LogP) is 4.51. The van der Waals surface area contributed by atoms with E-state index in [1.165, 1.54) is 0 Å². The molecule has 0 saturated carbocycles. The first kappa shape index (κ1) is 24.8. The average molecular weight is 250 g/mol. The zero-order valence-electron chi connectivity index (χ0n) is 11.7. The third kappa shape index (κ3) is 161. The number of terminal acetylenes is 2. The normalized spacial score (nSPS) is 5.00. The van der Waals surface area contributed by atoms with Gasteiger partial charge in [0, 0.05) is 22.9 Å². The topological polar surface area (TPSA) is 54.8 Å². The molecule has 18 heavy (non-hydrogen) atoms. The monoisotopic (exact) mass is 250 g/mol. The standard InChI is InChI=1S/2C4H6.2C3H5NO/c2*1-3-4-2;2*1-2-3-4-5/h2*1H,4H2,2H3;2*2H2,1H3. The van der Waals surface area contributed by atoms with Crippen molar-refractivity contribution in [3.63, 3.8) is 0 Å². The van der Waals surface area contributed by atoms with Gasteiger partial charge in [-0.3, -0.25) is 0 Å². The minimum absolute atomic E-state index is 0.615. The molecule has 0 rings (SSSR count). The molecule has 0 amide bonds. The molecule has 0 aromatic rings. The molecule has 0 aliphatic carbocycles. The predicted molar refractivity (Wildman–Crippen MR) is 80.1 cm³/mol. The molecule has 0 radical (unpaired) electrons. The molecule has 0 fully saturated rings. The summed E-state index contributed by atoms with van der Waals surface area (Å²) >= 11 is 0. The number of rotatable bonds is 0. The van der Waals surface area contributed by atoms with Gasteiger partial charge < -0.3 is 10.4 Å². The van der Waals surface area contributed by atoms with E-state index >= 15 is 0 Å². The Hall–Kier alpha value is -2.30. The number of hydrogen-bond acceptors (Lipinski definition) is 2.